The van der Waals surface area contributed by atoms with Crippen molar-refractivity contribution in [3.05, 3.63) is 17.1 Å². The van der Waals surface area contributed by atoms with Crippen LogP contribution >= 0.6 is 0 Å². The van der Waals surface area contributed by atoms with Crippen LogP contribution < -0.4 is 11.3 Å². The number of nitrogens with one attached hydrogen (secondary N) is 1. The Balaban J connectivity index is 3.31. The fraction of sp³-hybridized carbons (Fsp3) is 0.636. The first-order valence-corrected chi connectivity index (χ1v) is 5.36. The number of anilines is 1. The third-order valence-electron chi connectivity index (χ3n) is 2.75. The highest BCUT2D eigenvalue weighted by Crippen LogP contribution is 2.24. The molecule has 1 aromatic heterocycles. The zero-order valence-corrected chi connectivity index (χ0v) is 10.6. The quantitative estimate of drug-likeness (QED) is 0.599. The second-order valence-corrected chi connectivity index (χ2v) is 4.17. The summed E-state index contributed by atoms with van der Waals surface area (Å²) in [6.07, 6.45) is 0.846. The molecule has 0 saturated heterocycles. The van der Waals surface area contributed by atoms with Crippen molar-refractivity contribution in [2.45, 2.75) is 39.7 Å². The van der Waals surface area contributed by atoms with Crippen molar-refractivity contribution in [2.75, 3.05) is 12.5 Å². The minimum atomic E-state index is -0.511. The van der Waals surface area contributed by atoms with Crippen molar-refractivity contribution >= 4 is 5.82 Å². The van der Waals surface area contributed by atoms with Crippen molar-refractivity contribution in [1.82, 2.24) is 9.97 Å². The summed E-state index contributed by atoms with van der Waals surface area (Å²) in [6, 6.07) is 0. The maximum atomic E-state index is 5.47. The molecule has 0 saturated carbocycles. The van der Waals surface area contributed by atoms with E-state index in [0.717, 1.165) is 17.7 Å². The molecule has 5 heteroatoms. The minimum absolute atomic E-state index is 0.511. The van der Waals surface area contributed by atoms with Gasteiger partial charge >= 0.3 is 0 Å². The van der Waals surface area contributed by atoms with E-state index in [9.17, 15) is 0 Å². The summed E-state index contributed by atoms with van der Waals surface area (Å²) >= 11 is 0. The molecular formula is C11H20N4O. The number of methoxy groups -OCH3 is 1. The van der Waals surface area contributed by atoms with E-state index < -0.39 is 5.60 Å². The fourth-order valence-electron chi connectivity index (χ4n) is 1.50. The topological polar surface area (TPSA) is 73.1 Å². The summed E-state index contributed by atoms with van der Waals surface area (Å²) in [7, 11) is 1.64. The summed E-state index contributed by atoms with van der Waals surface area (Å²) < 4.78 is 5.36. The lowest BCUT2D eigenvalue weighted by Crippen LogP contribution is -2.25. The van der Waals surface area contributed by atoms with Gasteiger partial charge in [0, 0.05) is 18.4 Å². The Kier molecular flexibility index (Phi) is 3.83. The van der Waals surface area contributed by atoms with E-state index >= 15 is 0 Å². The SMILES string of the molecule is CCc1c(C)nc(C(C)(C)OC)nc1NN. The van der Waals surface area contributed by atoms with Gasteiger partial charge in [0.25, 0.3) is 0 Å². The number of hydrazine groups is 1. The van der Waals surface area contributed by atoms with Crippen LogP contribution in [-0.2, 0) is 16.8 Å². The molecule has 0 unspecified atom stereocenters. The van der Waals surface area contributed by atoms with Crippen LogP contribution in [0.2, 0.25) is 0 Å². The zero-order chi connectivity index (χ0) is 12.3. The molecule has 3 N–H and O–H groups in total. The maximum absolute atomic E-state index is 5.47. The van der Waals surface area contributed by atoms with Crippen molar-refractivity contribution in [2.24, 2.45) is 5.84 Å². The molecule has 1 heterocycles. The Bertz CT molecular complexity index is 376. The molecule has 0 radical (unpaired) electrons. The molecule has 0 atom stereocenters. The van der Waals surface area contributed by atoms with Crippen LogP contribution in [0.5, 0.6) is 0 Å². The number of hydrogen-bond acceptors (Lipinski definition) is 5. The van der Waals surface area contributed by atoms with Crippen LogP contribution in [0, 0.1) is 6.92 Å². The number of aryl methyl sites for hydroxylation is 1. The Labute approximate surface area is 96.4 Å². The van der Waals surface area contributed by atoms with E-state index in [-0.39, 0.29) is 0 Å². The van der Waals surface area contributed by atoms with Gasteiger partial charge in [0.2, 0.25) is 0 Å². The Morgan fingerprint density at radius 2 is 2.00 bits per heavy atom. The second kappa shape index (κ2) is 4.76. The molecule has 90 valence electrons. The molecule has 0 bridgehead atoms. The average Bonchev–Trinajstić information content (AvgIpc) is 2.27. The van der Waals surface area contributed by atoms with Gasteiger partial charge < -0.3 is 10.2 Å². The van der Waals surface area contributed by atoms with Crippen LogP contribution in [0.1, 0.15) is 37.9 Å². The molecule has 5 nitrogen and oxygen atoms in total. The lowest BCUT2D eigenvalue weighted by atomic mass is 10.1. The van der Waals surface area contributed by atoms with Crippen molar-refractivity contribution in [1.29, 1.82) is 0 Å². The Morgan fingerprint density at radius 1 is 1.38 bits per heavy atom. The normalized spacial score (nSPS) is 11.6. The number of hydrogen-bond donors (Lipinski definition) is 2. The fourth-order valence-corrected chi connectivity index (χ4v) is 1.50. The lowest BCUT2D eigenvalue weighted by molar-refractivity contribution is 0.0114. The van der Waals surface area contributed by atoms with Gasteiger partial charge in [0.15, 0.2) is 5.82 Å². The van der Waals surface area contributed by atoms with Crippen LogP contribution in [0.4, 0.5) is 5.82 Å². The van der Waals surface area contributed by atoms with Crippen molar-refractivity contribution < 1.29 is 4.74 Å². The third kappa shape index (κ3) is 2.31. The van der Waals surface area contributed by atoms with Gasteiger partial charge in [-0.25, -0.2) is 15.8 Å². The monoisotopic (exact) mass is 224 g/mol. The number of nitrogen functional groups attached to an aromatic ring is 1. The molecular weight excluding hydrogens is 204 g/mol. The van der Waals surface area contributed by atoms with Crippen LogP contribution in [0.3, 0.4) is 0 Å². The van der Waals surface area contributed by atoms with E-state index in [4.69, 9.17) is 10.6 Å². The summed E-state index contributed by atoms with van der Waals surface area (Å²) in [6.45, 7) is 7.85. The summed E-state index contributed by atoms with van der Waals surface area (Å²) in [5.41, 5.74) is 4.08. The largest absolute Gasteiger partial charge is 0.371 e. The van der Waals surface area contributed by atoms with Crippen LogP contribution in [-0.4, -0.2) is 17.1 Å². The summed E-state index contributed by atoms with van der Waals surface area (Å²) in [4.78, 5) is 8.86. The number of rotatable bonds is 4. The standard InChI is InChI=1S/C11H20N4O/c1-6-8-7(2)13-10(11(3,4)16-5)14-9(8)15-12/h6,12H2,1-5H3,(H,13,14,15). The first kappa shape index (κ1) is 12.9. The molecule has 0 aromatic carbocycles. The van der Waals surface area contributed by atoms with Gasteiger partial charge in [-0.2, -0.15) is 0 Å². The van der Waals surface area contributed by atoms with Gasteiger partial charge in [0.1, 0.15) is 11.4 Å². The molecule has 0 aliphatic carbocycles. The van der Waals surface area contributed by atoms with Gasteiger partial charge in [-0.05, 0) is 27.2 Å². The number of nitrogens with zero attached hydrogens (tertiary/aromatic N) is 2. The van der Waals surface area contributed by atoms with Gasteiger partial charge in [0.05, 0.1) is 0 Å². The molecule has 0 aliphatic heterocycles. The van der Waals surface area contributed by atoms with Gasteiger partial charge in [-0.15, -0.1) is 0 Å². The number of ether oxygens (including phenoxy) is 1. The molecule has 0 amide bonds. The smallest absolute Gasteiger partial charge is 0.162 e. The maximum Gasteiger partial charge on any atom is 0.162 e. The Morgan fingerprint density at radius 3 is 2.44 bits per heavy atom. The number of nitrogens with two attached hydrogens (primary N) is 1. The predicted octanol–water partition coefficient (Wildman–Crippen LogP) is 1.51. The number of aromatic nitrogens is 2. The lowest BCUT2D eigenvalue weighted by Gasteiger charge is -2.23. The third-order valence-corrected chi connectivity index (χ3v) is 2.75. The van der Waals surface area contributed by atoms with Crippen LogP contribution in [0.15, 0.2) is 0 Å². The first-order valence-electron chi connectivity index (χ1n) is 5.36. The average molecular weight is 224 g/mol. The first-order chi connectivity index (χ1) is 7.46. The summed E-state index contributed by atoms with van der Waals surface area (Å²) in [5.74, 6) is 6.78. The molecule has 16 heavy (non-hydrogen) atoms. The van der Waals surface area contributed by atoms with E-state index in [1.165, 1.54) is 0 Å². The molecule has 0 aliphatic rings. The van der Waals surface area contributed by atoms with E-state index in [0.29, 0.717) is 11.6 Å². The van der Waals surface area contributed by atoms with Gasteiger partial charge in [-0.3, -0.25) is 0 Å². The molecule has 1 aromatic rings. The summed E-state index contributed by atoms with van der Waals surface area (Å²) in [5, 5.41) is 0. The van der Waals surface area contributed by atoms with Crippen LogP contribution in [0.25, 0.3) is 0 Å². The molecule has 0 spiro atoms. The van der Waals surface area contributed by atoms with E-state index in [2.05, 4.69) is 15.4 Å². The molecule has 1 rings (SSSR count). The highest BCUT2D eigenvalue weighted by molar-refractivity contribution is 5.45. The predicted molar refractivity (Wildman–Crippen MR) is 64.0 cm³/mol. The second-order valence-electron chi connectivity index (χ2n) is 4.17. The van der Waals surface area contributed by atoms with Crippen molar-refractivity contribution in [3.63, 3.8) is 0 Å². The highest BCUT2D eigenvalue weighted by atomic mass is 16.5. The molecule has 0 fully saturated rings. The van der Waals surface area contributed by atoms with E-state index in [1.54, 1.807) is 7.11 Å². The Hall–Kier alpha value is -1.20. The van der Waals surface area contributed by atoms with Crippen molar-refractivity contribution in [3.8, 4) is 0 Å². The van der Waals surface area contributed by atoms with Gasteiger partial charge in [-0.1, -0.05) is 6.92 Å². The van der Waals surface area contributed by atoms with E-state index in [1.807, 2.05) is 27.7 Å². The highest BCUT2D eigenvalue weighted by Gasteiger charge is 2.25. The minimum Gasteiger partial charge on any atom is -0.371 e. The zero-order valence-electron chi connectivity index (χ0n) is 10.6.